The normalized spacial score (nSPS) is 12.1. The molecule has 0 saturated heterocycles. The van der Waals surface area contributed by atoms with Crippen molar-refractivity contribution in [3.8, 4) is 11.5 Å². The van der Waals surface area contributed by atoms with E-state index in [0.717, 1.165) is 12.0 Å². The molecule has 0 aliphatic rings. The summed E-state index contributed by atoms with van der Waals surface area (Å²) in [5.74, 6) is 0.900. The van der Waals surface area contributed by atoms with Crippen LogP contribution >= 0.6 is 0 Å². The van der Waals surface area contributed by atoms with E-state index in [4.69, 9.17) is 4.74 Å². The highest BCUT2D eigenvalue weighted by Gasteiger charge is 2.05. The lowest BCUT2D eigenvalue weighted by Gasteiger charge is -2.10. The molecule has 132 valence electrons. The Morgan fingerprint density at radius 2 is 2.00 bits per heavy atom. The Balaban J connectivity index is 1.81. The Morgan fingerprint density at radius 3 is 2.64 bits per heavy atom. The van der Waals surface area contributed by atoms with Crippen molar-refractivity contribution in [1.82, 2.24) is 5.43 Å². The van der Waals surface area contributed by atoms with Gasteiger partial charge in [-0.25, -0.2) is 5.43 Å². The average Bonchev–Trinajstić information content (AvgIpc) is 2.61. The van der Waals surface area contributed by atoms with Crippen molar-refractivity contribution in [3.05, 3.63) is 59.2 Å². The smallest absolute Gasteiger partial charge is 0.277 e. The number of carbonyl (C=O) groups excluding carboxylic acids is 1. The van der Waals surface area contributed by atoms with Gasteiger partial charge in [-0.2, -0.15) is 5.10 Å². The lowest BCUT2D eigenvalue weighted by Crippen LogP contribution is -2.24. The molecule has 0 radical (unpaired) electrons. The molecule has 2 rings (SSSR count). The first-order valence-corrected chi connectivity index (χ1v) is 8.34. The molecule has 2 aromatic rings. The van der Waals surface area contributed by atoms with Gasteiger partial charge in [0.05, 0.1) is 6.21 Å². The first-order chi connectivity index (χ1) is 12.0. The second kappa shape index (κ2) is 8.87. The van der Waals surface area contributed by atoms with Gasteiger partial charge in [0.25, 0.3) is 5.91 Å². The van der Waals surface area contributed by atoms with Gasteiger partial charge in [-0.1, -0.05) is 32.0 Å². The van der Waals surface area contributed by atoms with Crippen LogP contribution in [0, 0.1) is 6.92 Å². The quantitative estimate of drug-likeness (QED) is 0.596. The van der Waals surface area contributed by atoms with Gasteiger partial charge >= 0.3 is 0 Å². The molecule has 1 atom stereocenters. The SMILES string of the molecule is CCC(C)c1ccc(OCC(=O)N/N=C/c2ccc(C)cc2O)cc1. The third kappa shape index (κ3) is 5.64. The van der Waals surface area contributed by atoms with Crippen LogP contribution in [0.15, 0.2) is 47.6 Å². The molecule has 0 spiro atoms. The van der Waals surface area contributed by atoms with Gasteiger partial charge in [0.15, 0.2) is 6.61 Å². The maximum Gasteiger partial charge on any atom is 0.277 e. The van der Waals surface area contributed by atoms with Crippen LogP contribution in [0.1, 0.15) is 42.9 Å². The van der Waals surface area contributed by atoms with E-state index in [-0.39, 0.29) is 18.3 Å². The molecular formula is C20H24N2O3. The molecule has 0 bridgehead atoms. The van der Waals surface area contributed by atoms with Crippen LogP contribution in [0.5, 0.6) is 11.5 Å². The van der Waals surface area contributed by atoms with E-state index in [9.17, 15) is 9.90 Å². The first kappa shape index (κ1) is 18.5. The molecule has 2 aromatic carbocycles. The number of aromatic hydroxyl groups is 1. The van der Waals surface area contributed by atoms with Crippen molar-refractivity contribution in [2.45, 2.75) is 33.1 Å². The maximum absolute atomic E-state index is 11.8. The summed E-state index contributed by atoms with van der Waals surface area (Å²) in [6.07, 6.45) is 2.48. The fourth-order valence-electron chi connectivity index (χ4n) is 2.25. The monoisotopic (exact) mass is 340 g/mol. The second-order valence-electron chi connectivity index (χ2n) is 6.02. The van der Waals surface area contributed by atoms with E-state index in [0.29, 0.717) is 17.2 Å². The number of aryl methyl sites for hydroxylation is 1. The minimum atomic E-state index is -0.367. The highest BCUT2D eigenvalue weighted by Crippen LogP contribution is 2.21. The molecule has 0 aromatic heterocycles. The zero-order valence-corrected chi connectivity index (χ0v) is 14.8. The van der Waals surface area contributed by atoms with Crippen LogP contribution in [0.4, 0.5) is 0 Å². The molecule has 25 heavy (non-hydrogen) atoms. The number of nitrogens with zero attached hydrogens (tertiary/aromatic N) is 1. The van der Waals surface area contributed by atoms with Crippen LogP contribution in [-0.2, 0) is 4.79 Å². The van der Waals surface area contributed by atoms with Gasteiger partial charge in [-0.3, -0.25) is 4.79 Å². The molecule has 5 heteroatoms. The summed E-state index contributed by atoms with van der Waals surface area (Å²) >= 11 is 0. The van der Waals surface area contributed by atoms with Crippen LogP contribution in [-0.4, -0.2) is 23.8 Å². The fourth-order valence-corrected chi connectivity index (χ4v) is 2.25. The third-order valence-corrected chi connectivity index (χ3v) is 4.01. The number of carbonyl (C=O) groups is 1. The van der Waals surface area contributed by atoms with Crippen LogP contribution in [0.25, 0.3) is 0 Å². The van der Waals surface area contributed by atoms with Crippen molar-refractivity contribution in [2.24, 2.45) is 5.10 Å². The molecule has 1 unspecified atom stereocenters. The number of amides is 1. The highest BCUT2D eigenvalue weighted by molar-refractivity contribution is 5.85. The topological polar surface area (TPSA) is 70.9 Å². The number of hydrazone groups is 1. The zero-order valence-electron chi connectivity index (χ0n) is 14.8. The lowest BCUT2D eigenvalue weighted by atomic mass is 9.99. The summed E-state index contributed by atoms with van der Waals surface area (Å²) in [7, 11) is 0. The Morgan fingerprint density at radius 1 is 1.28 bits per heavy atom. The summed E-state index contributed by atoms with van der Waals surface area (Å²) in [6, 6.07) is 13.0. The van der Waals surface area contributed by atoms with Gasteiger partial charge in [0, 0.05) is 5.56 Å². The Labute approximate surface area is 148 Å². The summed E-state index contributed by atoms with van der Waals surface area (Å²) in [5.41, 5.74) is 5.11. The van der Waals surface area contributed by atoms with Crippen molar-refractivity contribution in [1.29, 1.82) is 0 Å². The van der Waals surface area contributed by atoms with E-state index in [1.165, 1.54) is 11.8 Å². The third-order valence-electron chi connectivity index (χ3n) is 4.01. The predicted octanol–water partition coefficient (Wildman–Crippen LogP) is 3.74. The number of nitrogens with one attached hydrogen (secondary N) is 1. The van der Waals surface area contributed by atoms with Crippen molar-refractivity contribution >= 4 is 12.1 Å². The number of phenolic OH excluding ortho intramolecular Hbond substituents is 1. The van der Waals surface area contributed by atoms with E-state index in [1.807, 2.05) is 37.3 Å². The van der Waals surface area contributed by atoms with Gasteiger partial charge in [0.2, 0.25) is 0 Å². The maximum atomic E-state index is 11.8. The van der Waals surface area contributed by atoms with E-state index >= 15 is 0 Å². The predicted molar refractivity (Wildman–Crippen MR) is 99.2 cm³/mol. The highest BCUT2D eigenvalue weighted by atomic mass is 16.5. The molecular weight excluding hydrogens is 316 g/mol. The summed E-state index contributed by atoms with van der Waals surface area (Å²) in [5, 5.41) is 13.6. The van der Waals surface area contributed by atoms with E-state index in [1.54, 1.807) is 12.1 Å². The number of ether oxygens (including phenoxy) is 1. The molecule has 0 aliphatic heterocycles. The summed E-state index contributed by atoms with van der Waals surface area (Å²) in [4.78, 5) is 11.8. The largest absolute Gasteiger partial charge is 0.507 e. The standard InChI is InChI=1S/C20H24N2O3/c1-4-15(3)16-7-9-18(10-8-16)25-13-20(24)22-21-12-17-6-5-14(2)11-19(17)23/h5-12,15,23H,4,13H2,1-3H3,(H,22,24)/b21-12+. The summed E-state index contributed by atoms with van der Waals surface area (Å²) in [6.45, 7) is 6.08. The van der Waals surface area contributed by atoms with Crippen molar-refractivity contribution in [2.75, 3.05) is 6.61 Å². The van der Waals surface area contributed by atoms with E-state index < -0.39 is 0 Å². The number of phenols is 1. The van der Waals surface area contributed by atoms with Crippen molar-refractivity contribution < 1.29 is 14.6 Å². The average molecular weight is 340 g/mol. The molecule has 5 nitrogen and oxygen atoms in total. The van der Waals surface area contributed by atoms with Crippen molar-refractivity contribution in [3.63, 3.8) is 0 Å². The van der Waals surface area contributed by atoms with Gasteiger partial charge in [0.1, 0.15) is 11.5 Å². The lowest BCUT2D eigenvalue weighted by molar-refractivity contribution is -0.123. The fraction of sp³-hybridized carbons (Fsp3) is 0.300. The number of rotatable bonds is 7. The molecule has 2 N–H and O–H groups in total. The number of hydrogen-bond acceptors (Lipinski definition) is 4. The Bertz CT molecular complexity index is 739. The summed E-state index contributed by atoms with van der Waals surface area (Å²) < 4.78 is 5.44. The Kier molecular flexibility index (Phi) is 6.57. The molecule has 0 heterocycles. The molecule has 0 fully saturated rings. The first-order valence-electron chi connectivity index (χ1n) is 8.34. The molecule has 0 aliphatic carbocycles. The van der Waals surface area contributed by atoms with Gasteiger partial charge in [-0.15, -0.1) is 0 Å². The van der Waals surface area contributed by atoms with Gasteiger partial charge < -0.3 is 9.84 Å². The molecule has 0 saturated carbocycles. The van der Waals surface area contributed by atoms with Gasteiger partial charge in [-0.05, 0) is 54.7 Å². The van der Waals surface area contributed by atoms with Crippen LogP contribution < -0.4 is 10.2 Å². The number of benzene rings is 2. The zero-order chi connectivity index (χ0) is 18.2. The minimum Gasteiger partial charge on any atom is -0.507 e. The molecule has 1 amide bonds. The number of hydrogen-bond donors (Lipinski definition) is 2. The van der Waals surface area contributed by atoms with E-state index in [2.05, 4.69) is 24.4 Å². The minimum absolute atomic E-state index is 0.121. The van der Waals surface area contributed by atoms with Crippen LogP contribution in [0.2, 0.25) is 0 Å². The second-order valence-corrected chi connectivity index (χ2v) is 6.02. The Hall–Kier alpha value is -2.82. The van der Waals surface area contributed by atoms with Crippen LogP contribution in [0.3, 0.4) is 0 Å².